The SMILES string of the molecule is CCCCCCCCCCCCCCCCCCCCCCC[C@@H](O)C(=O)N[C@@H](CO)[C@H](O)[C@H](O)CCCCCCCCCCC. The molecule has 0 aromatic carbocycles. The molecule has 0 aromatic rings. The summed E-state index contributed by atoms with van der Waals surface area (Å²) < 4.78 is 0. The molecule has 0 spiro atoms. The molecule has 0 heterocycles. The second kappa shape index (κ2) is 35.6. The third-order valence-electron chi connectivity index (χ3n) is 9.82. The van der Waals surface area contributed by atoms with Gasteiger partial charge in [0, 0.05) is 0 Å². The van der Waals surface area contributed by atoms with Crippen LogP contribution in [0.3, 0.4) is 0 Å². The highest BCUT2D eigenvalue weighted by molar-refractivity contribution is 5.80. The fourth-order valence-electron chi connectivity index (χ4n) is 6.52. The molecule has 46 heavy (non-hydrogen) atoms. The first-order valence-electron chi connectivity index (χ1n) is 20.4. The molecule has 0 saturated heterocycles. The van der Waals surface area contributed by atoms with E-state index in [2.05, 4.69) is 19.2 Å². The zero-order chi connectivity index (χ0) is 33.9. The minimum atomic E-state index is -1.25. The Hall–Kier alpha value is -0.690. The zero-order valence-corrected chi connectivity index (χ0v) is 30.8. The van der Waals surface area contributed by atoms with E-state index in [4.69, 9.17) is 0 Å². The molecule has 0 aromatic heterocycles. The third-order valence-corrected chi connectivity index (χ3v) is 9.82. The average molecular weight is 656 g/mol. The topological polar surface area (TPSA) is 110 Å². The molecule has 5 N–H and O–H groups in total. The van der Waals surface area contributed by atoms with Gasteiger partial charge in [0.05, 0.1) is 18.8 Å². The number of amides is 1. The standard InChI is InChI=1S/C40H81NO5/c1-3-5-7-9-11-13-14-15-16-17-18-19-20-21-22-23-24-26-28-30-32-34-38(44)40(46)41-36(35-42)39(45)37(43)33-31-29-27-25-12-10-8-6-4-2/h36-39,42-45H,3-35H2,1-2H3,(H,41,46)/t36-,37+,38+,39-/m0/s1. The molecular weight excluding hydrogens is 574 g/mol. The lowest BCUT2D eigenvalue weighted by Crippen LogP contribution is -2.53. The minimum Gasteiger partial charge on any atom is -0.394 e. The second-order valence-corrected chi connectivity index (χ2v) is 14.3. The maximum Gasteiger partial charge on any atom is 0.249 e. The maximum atomic E-state index is 12.4. The Bertz CT molecular complexity index is 618. The van der Waals surface area contributed by atoms with Crippen LogP contribution in [0.15, 0.2) is 0 Å². The number of carbonyl (C=O) groups excluding carboxylic acids is 1. The molecule has 0 fully saturated rings. The van der Waals surface area contributed by atoms with Crippen molar-refractivity contribution in [2.24, 2.45) is 0 Å². The number of hydrogen-bond acceptors (Lipinski definition) is 5. The van der Waals surface area contributed by atoms with Gasteiger partial charge in [-0.3, -0.25) is 4.79 Å². The summed E-state index contributed by atoms with van der Waals surface area (Å²) in [6.07, 6.45) is 35.7. The molecule has 4 atom stereocenters. The maximum absolute atomic E-state index is 12.4. The Balaban J connectivity index is 3.65. The Kier molecular flexibility index (Phi) is 35.1. The predicted octanol–water partition coefficient (Wildman–Crippen LogP) is 10.1. The summed E-state index contributed by atoms with van der Waals surface area (Å²) in [4.78, 5) is 12.4. The van der Waals surface area contributed by atoms with Gasteiger partial charge >= 0.3 is 0 Å². The van der Waals surface area contributed by atoms with Crippen LogP contribution >= 0.6 is 0 Å². The van der Waals surface area contributed by atoms with Crippen molar-refractivity contribution in [3.8, 4) is 0 Å². The summed E-state index contributed by atoms with van der Waals surface area (Å²) >= 11 is 0. The molecule has 0 rings (SSSR count). The van der Waals surface area contributed by atoms with Crippen molar-refractivity contribution >= 4 is 5.91 Å². The Labute approximate surface area is 286 Å². The lowest BCUT2D eigenvalue weighted by atomic mass is 9.99. The number of nitrogens with one attached hydrogen (secondary N) is 1. The summed E-state index contributed by atoms with van der Waals surface area (Å²) in [6, 6.07) is -0.976. The second-order valence-electron chi connectivity index (χ2n) is 14.3. The summed E-state index contributed by atoms with van der Waals surface area (Å²) in [6.45, 7) is 4.02. The number of unbranched alkanes of at least 4 members (excludes halogenated alkanes) is 28. The van der Waals surface area contributed by atoms with Crippen molar-refractivity contribution in [2.45, 2.75) is 244 Å². The fourth-order valence-corrected chi connectivity index (χ4v) is 6.52. The van der Waals surface area contributed by atoms with E-state index >= 15 is 0 Å². The highest BCUT2D eigenvalue weighted by Crippen LogP contribution is 2.17. The quantitative estimate of drug-likeness (QED) is 0.0428. The largest absolute Gasteiger partial charge is 0.394 e. The summed E-state index contributed by atoms with van der Waals surface area (Å²) in [5.41, 5.74) is 0. The van der Waals surface area contributed by atoms with Gasteiger partial charge in [-0.05, 0) is 12.8 Å². The monoisotopic (exact) mass is 656 g/mol. The molecule has 0 saturated carbocycles. The van der Waals surface area contributed by atoms with Gasteiger partial charge in [-0.15, -0.1) is 0 Å². The molecule has 0 aliphatic heterocycles. The zero-order valence-electron chi connectivity index (χ0n) is 30.8. The van der Waals surface area contributed by atoms with Crippen LogP contribution in [0.1, 0.15) is 219 Å². The van der Waals surface area contributed by atoms with Crippen molar-refractivity contribution in [2.75, 3.05) is 6.61 Å². The fraction of sp³-hybridized carbons (Fsp3) is 0.975. The molecule has 0 unspecified atom stereocenters. The first-order chi connectivity index (χ1) is 22.5. The third kappa shape index (κ3) is 29.4. The van der Waals surface area contributed by atoms with E-state index in [9.17, 15) is 25.2 Å². The van der Waals surface area contributed by atoms with Gasteiger partial charge in [0.15, 0.2) is 0 Å². The van der Waals surface area contributed by atoms with E-state index in [1.807, 2.05) is 0 Å². The molecule has 1 amide bonds. The Morgan fingerprint density at radius 1 is 0.457 bits per heavy atom. The van der Waals surface area contributed by atoms with E-state index in [1.165, 1.54) is 154 Å². The van der Waals surface area contributed by atoms with Crippen molar-refractivity contribution in [1.29, 1.82) is 0 Å². The minimum absolute atomic E-state index is 0.375. The Morgan fingerprint density at radius 3 is 1.04 bits per heavy atom. The van der Waals surface area contributed by atoms with E-state index in [0.29, 0.717) is 12.8 Å². The summed E-state index contributed by atoms with van der Waals surface area (Å²) in [5.74, 6) is -0.582. The van der Waals surface area contributed by atoms with Crippen LogP contribution in [0.5, 0.6) is 0 Å². The smallest absolute Gasteiger partial charge is 0.249 e. The summed E-state index contributed by atoms with van der Waals surface area (Å²) in [5, 5.41) is 43.4. The van der Waals surface area contributed by atoms with E-state index < -0.39 is 36.9 Å². The molecule has 0 aliphatic rings. The highest BCUT2D eigenvalue weighted by Gasteiger charge is 2.28. The van der Waals surface area contributed by atoms with Crippen molar-refractivity contribution in [1.82, 2.24) is 5.32 Å². The number of hydrogen-bond donors (Lipinski definition) is 5. The van der Waals surface area contributed by atoms with Crippen LogP contribution in [0.25, 0.3) is 0 Å². The van der Waals surface area contributed by atoms with Crippen molar-refractivity contribution in [3.63, 3.8) is 0 Å². The van der Waals surface area contributed by atoms with Gasteiger partial charge in [0.1, 0.15) is 12.2 Å². The van der Waals surface area contributed by atoms with Crippen molar-refractivity contribution in [3.05, 3.63) is 0 Å². The van der Waals surface area contributed by atoms with Gasteiger partial charge in [-0.1, -0.05) is 206 Å². The normalized spacial score (nSPS) is 14.3. The average Bonchev–Trinajstić information content (AvgIpc) is 3.06. The number of aliphatic hydroxyl groups excluding tert-OH is 4. The highest BCUT2D eigenvalue weighted by atomic mass is 16.3. The van der Waals surface area contributed by atoms with Crippen LogP contribution in [0.2, 0.25) is 0 Å². The molecule has 0 radical (unpaired) electrons. The van der Waals surface area contributed by atoms with Gasteiger partial charge < -0.3 is 25.7 Å². The van der Waals surface area contributed by atoms with E-state index in [1.54, 1.807) is 0 Å². The molecule has 6 heteroatoms. The first kappa shape index (κ1) is 45.3. The van der Waals surface area contributed by atoms with Gasteiger partial charge in [0.25, 0.3) is 0 Å². The Morgan fingerprint density at radius 2 is 0.739 bits per heavy atom. The van der Waals surface area contributed by atoms with Crippen LogP contribution in [0, 0.1) is 0 Å². The van der Waals surface area contributed by atoms with Crippen molar-refractivity contribution < 1.29 is 25.2 Å². The molecule has 0 aliphatic carbocycles. The number of carbonyl (C=O) groups is 1. The van der Waals surface area contributed by atoms with Crippen LogP contribution in [-0.4, -0.2) is 57.3 Å². The van der Waals surface area contributed by atoms with E-state index in [0.717, 1.165) is 38.5 Å². The predicted molar refractivity (Wildman–Crippen MR) is 196 cm³/mol. The first-order valence-corrected chi connectivity index (χ1v) is 20.4. The van der Waals surface area contributed by atoms with Gasteiger partial charge in [0.2, 0.25) is 5.91 Å². The molecular formula is C40H81NO5. The molecule has 6 nitrogen and oxygen atoms in total. The van der Waals surface area contributed by atoms with Gasteiger partial charge in [-0.2, -0.15) is 0 Å². The number of rotatable bonds is 37. The van der Waals surface area contributed by atoms with Crippen LogP contribution in [-0.2, 0) is 4.79 Å². The number of aliphatic hydroxyl groups is 4. The lowest BCUT2D eigenvalue weighted by molar-refractivity contribution is -0.132. The van der Waals surface area contributed by atoms with Crippen LogP contribution in [0.4, 0.5) is 0 Å². The van der Waals surface area contributed by atoms with E-state index in [-0.39, 0.29) is 0 Å². The lowest BCUT2D eigenvalue weighted by Gasteiger charge is -2.27. The molecule has 0 bridgehead atoms. The van der Waals surface area contributed by atoms with Gasteiger partial charge in [-0.25, -0.2) is 0 Å². The molecule has 276 valence electrons. The summed E-state index contributed by atoms with van der Waals surface area (Å²) in [7, 11) is 0. The van der Waals surface area contributed by atoms with Crippen LogP contribution < -0.4 is 5.32 Å².